The van der Waals surface area contributed by atoms with Crippen LogP contribution in [0.3, 0.4) is 0 Å². The average molecular weight is 489 g/mol. The summed E-state index contributed by atoms with van der Waals surface area (Å²) < 4.78 is 5.85. The summed E-state index contributed by atoms with van der Waals surface area (Å²) in [5.41, 5.74) is 1.18. The van der Waals surface area contributed by atoms with E-state index in [-0.39, 0.29) is 5.91 Å². The fourth-order valence-corrected chi connectivity index (χ4v) is 3.70. The molecular formula is C22H25BrN4O4. The van der Waals surface area contributed by atoms with Crippen molar-refractivity contribution >= 4 is 39.3 Å². The molecule has 8 nitrogen and oxygen atoms in total. The number of rotatable bonds is 6. The van der Waals surface area contributed by atoms with E-state index in [4.69, 9.17) is 4.74 Å². The summed E-state index contributed by atoms with van der Waals surface area (Å²) in [5, 5.41) is 5.19. The van der Waals surface area contributed by atoms with Gasteiger partial charge in [-0.1, -0.05) is 12.1 Å². The molecule has 164 valence electrons. The van der Waals surface area contributed by atoms with Crippen molar-refractivity contribution in [2.24, 2.45) is 0 Å². The van der Waals surface area contributed by atoms with E-state index >= 15 is 0 Å². The molecule has 0 saturated carbocycles. The largest absolute Gasteiger partial charge is 0.497 e. The van der Waals surface area contributed by atoms with Gasteiger partial charge in [-0.25, -0.2) is 0 Å². The monoisotopic (exact) mass is 488 g/mol. The van der Waals surface area contributed by atoms with Crippen molar-refractivity contribution in [2.45, 2.75) is 0 Å². The zero-order valence-corrected chi connectivity index (χ0v) is 18.9. The van der Waals surface area contributed by atoms with E-state index < -0.39 is 11.8 Å². The fourth-order valence-electron chi connectivity index (χ4n) is 3.25. The number of hydrogen-bond donors (Lipinski definition) is 2. The maximum absolute atomic E-state index is 12.7. The molecule has 1 aliphatic rings. The molecule has 0 aromatic heterocycles. The number of carbonyl (C=O) groups is 3. The summed E-state index contributed by atoms with van der Waals surface area (Å²) >= 11 is 3.43. The molecule has 9 heteroatoms. The number of nitrogens with one attached hydrogen (secondary N) is 2. The maximum atomic E-state index is 12.7. The molecule has 0 aliphatic carbocycles. The molecule has 2 aromatic rings. The number of ether oxygens (including phenoxy) is 1. The molecule has 3 amide bonds. The number of piperazine rings is 1. The molecule has 3 rings (SSSR count). The third kappa shape index (κ3) is 6.28. The summed E-state index contributed by atoms with van der Waals surface area (Å²) in [6.45, 7) is 3.62. The second-order valence-corrected chi connectivity index (χ2v) is 7.91. The smallest absolute Gasteiger partial charge is 0.313 e. The van der Waals surface area contributed by atoms with Crippen LogP contribution in [0.4, 0.5) is 5.69 Å². The topological polar surface area (TPSA) is 91.0 Å². The highest BCUT2D eigenvalue weighted by atomic mass is 79.9. The highest BCUT2D eigenvalue weighted by Crippen LogP contribution is 2.19. The van der Waals surface area contributed by atoms with Crippen LogP contribution < -0.4 is 15.4 Å². The normalized spacial score (nSPS) is 14.1. The van der Waals surface area contributed by atoms with Gasteiger partial charge in [0.1, 0.15) is 5.75 Å². The number of amides is 3. The predicted octanol–water partition coefficient (Wildman–Crippen LogP) is 1.97. The van der Waals surface area contributed by atoms with Gasteiger partial charge in [0.15, 0.2) is 0 Å². The average Bonchev–Trinajstić information content (AvgIpc) is 2.80. The van der Waals surface area contributed by atoms with Crippen LogP contribution in [0, 0.1) is 0 Å². The van der Waals surface area contributed by atoms with Gasteiger partial charge < -0.3 is 20.3 Å². The van der Waals surface area contributed by atoms with Crippen LogP contribution in [0.1, 0.15) is 10.4 Å². The van der Waals surface area contributed by atoms with Gasteiger partial charge in [-0.2, -0.15) is 0 Å². The van der Waals surface area contributed by atoms with Crippen molar-refractivity contribution in [3.63, 3.8) is 0 Å². The lowest BCUT2D eigenvalue weighted by Gasteiger charge is -2.34. The third-order valence-corrected chi connectivity index (χ3v) is 5.72. The molecule has 0 unspecified atom stereocenters. The zero-order chi connectivity index (χ0) is 22.2. The number of hydrogen-bond acceptors (Lipinski definition) is 5. The van der Waals surface area contributed by atoms with Crippen molar-refractivity contribution in [2.75, 3.05) is 51.7 Å². The minimum atomic E-state index is -0.714. The fraction of sp³-hybridized carbons (Fsp3) is 0.318. The maximum Gasteiger partial charge on any atom is 0.313 e. The first-order valence-electron chi connectivity index (χ1n) is 9.97. The lowest BCUT2D eigenvalue weighted by Crippen LogP contribution is -2.50. The second kappa shape index (κ2) is 10.9. The van der Waals surface area contributed by atoms with Gasteiger partial charge in [-0.05, 0) is 52.3 Å². The van der Waals surface area contributed by atoms with E-state index in [1.165, 1.54) is 0 Å². The summed E-state index contributed by atoms with van der Waals surface area (Å²) in [6.07, 6.45) is 0. The highest BCUT2D eigenvalue weighted by Gasteiger charge is 2.23. The van der Waals surface area contributed by atoms with Crippen molar-refractivity contribution in [1.29, 1.82) is 0 Å². The molecule has 1 saturated heterocycles. The number of halogens is 1. The van der Waals surface area contributed by atoms with Crippen LogP contribution in [0.5, 0.6) is 5.75 Å². The molecular weight excluding hydrogens is 464 g/mol. The van der Waals surface area contributed by atoms with Crippen molar-refractivity contribution in [3.8, 4) is 5.75 Å². The number of nitrogens with zero attached hydrogens (tertiary/aromatic N) is 2. The van der Waals surface area contributed by atoms with Crippen LogP contribution in [-0.4, -0.2) is 73.9 Å². The Labute approximate surface area is 189 Å². The van der Waals surface area contributed by atoms with E-state index in [2.05, 4.69) is 31.5 Å². The molecule has 0 spiro atoms. The summed E-state index contributed by atoms with van der Waals surface area (Å²) in [7, 11) is 1.56. The van der Waals surface area contributed by atoms with Crippen molar-refractivity contribution in [3.05, 3.63) is 58.6 Å². The summed E-state index contributed by atoms with van der Waals surface area (Å²) in [6, 6.07) is 14.1. The van der Waals surface area contributed by atoms with Gasteiger partial charge in [-0.3, -0.25) is 19.3 Å². The number of anilines is 1. The van der Waals surface area contributed by atoms with Gasteiger partial charge in [0.25, 0.3) is 5.91 Å². The first kappa shape index (κ1) is 22.8. The zero-order valence-electron chi connectivity index (χ0n) is 17.3. The highest BCUT2D eigenvalue weighted by molar-refractivity contribution is 9.10. The van der Waals surface area contributed by atoms with Gasteiger partial charge in [-0.15, -0.1) is 0 Å². The first-order valence-corrected chi connectivity index (χ1v) is 10.8. The van der Waals surface area contributed by atoms with E-state index in [1.807, 2.05) is 29.2 Å². The molecule has 31 heavy (non-hydrogen) atoms. The molecule has 0 radical (unpaired) electrons. The first-order chi connectivity index (χ1) is 15.0. The van der Waals surface area contributed by atoms with Gasteiger partial charge in [0.05, 0.1) is 12.7 Å². The standard InChI is InChI=1S/C22H25BrN4O4/c1-31-17-8-6-16(7-9-17)25-21(29)20(28)24-10-11-26-12-14-27(15-13-26)22(30)18-4-2-3-5-19(18)23/h2-9H,10-15H2,1H3,(H,24,28)(H,25,29). The Morgan fingerprint density at radius 3 is 2.29 bits per heavy atom. The lowest BCUT2D eigenvalue weighted by atomic mass is 10.2. The molecule has 1 aliphatic heterocycles. The Balaban J connectivity index is 1.37. The van der Waals surface area contributed by atoms with Gasteiger partial charge >= 0.3 is 11.8 Å². The minimum Gasteiger partial charge on any atom is -0.497 e. The summed E-state index contributed by atoms with van der Waals surface area (Å²) in [5.74, 6) is -0.719. The number of benzene rings is 2. The SMILES string of the molecule is COc1ccc(NC(=O)C(=O)NCCN2CCN(C(=O)c3ccccc3Br)CC2)cc1. The molecule has 0 atom stereocenters. The molecule has 2 N–H and O–H groups in total. The van der Waals surface area contributed by atoms with Crippen molar-refractivity contribution in [1.82, 2.24) is 15.1 Å². The quantitative estimate of drug-likeness (QED) is 0.606. The molecule has 0 bridgehead atoms. The van der Waals surface area contributed by atoms with Crippen LogP contribution in [0.15, 0.2) is 53.0 Å². The Morgan fingerprint density at radius 1 is 0.968 bits per heavy atom. The molecule has 1 fully saturated rings. The van der Waals surface area contributed by atoms with E-state index in [9.17, 15) is 14.4 Å². The molecule has 1 heterocycles. The van der Waals surface area contributed by atoms with Crippen LogP contribution in [0.25, 0.3) is 0 Å². The minimum absolute atomic E-state index is 0.00984. The Kier molecular flexibility index (Phi) is 8.02. The predicted molar refractivity (Wildman–Crippen MR) is 121 cm³/mol. The lowest BCUT2D eigenvalue weighted by molar-refractivity contribution is -0.136. The Hall–Kier alpha value is -2.91. The van der Waals surface area contributed by atoms with Crippen LogP contribution in [0.2, 0.25) is 0 Å². The number of carbonyl (C=O) groups excluding carboxylic acids is 3. The molecule has 2 aromatic carbocycles. The number of methoxy groups -OCH3 is 1. The van der Waals surface area contributed by atoms with Gasteiger partial charge in [0, 0.05) is 49.4 Å². The van der Waals surface area contributed by atoms with Crippen molar-refractivity contribution < 1.29 is 19.1 Å². The second-order valence-electron chi connectivity index (χ2n) is 7.05. The van der Waals surface area contributed by atoms with Crippen LogP contribution in [-0.2, 0) is 9.59 Å². The summed E-state index contributed by atoms with van der Waals surface area (Å²) in [4.78, 5) is 40.7. The van der Waals surface area contributed by atoms with Crippen LogP contribution >= 0.6 is 15.9 Å². The van der Waals surface area contributed by atoms with Gasteiger partial charge in [0.2, 0.25) is 0 Å². The Bertz CT molecular complexity index is 927. The van der Waals surface area contributed by atoms with E-state index in [0.717, 1.165) is 4.47 Å². The Morgan fingerprint density at radius 2 is 1.65 bits per heavy atom. The van der Waals surface area contributed by atoms with E-state index in [1.54, 1.807) is 31.4 Å². The van der Waals surface area contributed by atoms with E-state index in [0.29, 0.717) is 56.3 Å². The third-order valence-electron chi connectivity index (χ3n) is 5.03.